The molecule has 1 saturated heterocycles. The summed E-state index contributed by atoms with van der Waals surface area (Å²) < 4.78 is 5.91. The number of hydrogen-bond donors (Lipinski definition) is 1. The lowest BCUT2D eigenvalue weighted by molar-refractivity contribution is -0.119. The summed E-state index contributed by atoms with van der Waals surface area (Å²) in [7, 11) is 0. The largest absolute Gasteiger partial charge is 0.448 e. The highest BCUT2D eigenvalue weighted by atomic mass is 16.6. The number of carbonyl (C=O) groups excluding carboxylic acids is 2. The summed E-state index contributed by atoms with van der Waals surface area (Å²) in [4.78, 5) is 30.4. The molecule has 1 aliphatic heterocycles. The number of ether oxygens (including phenoxy) is 1. The smallest absolute Gasteiger partial charge is 0.421 e. The first-order valence-corrected chi connectivity index (χ1v) is 12.2. The van der Waals surface area contributed by atoms with Crippen LogP contribution in [0.25, 0.3) is 11.1 Å². The summed E-state index contributed by atoms with van der Waals surface area (Å²) in [6.45, 7) is 7.42. The highest BCUT2D eigenvalue weighted by Crippen LogP contribution is 2.44. The number of amides is 2. The van der Waals surface area contributed by atoms with E-state index < -0.39 is 6.09 Å². The van der Waals surface area contributed by atoms with Gasteiger partial charge in [-0.05, 0) is 47.2 Å². The Labute approximate surface area is 206 Å². The Balaban J connectivity index is 1.41. The fraction of sp³-hybridized carbons (Fsp3) is 0.310. The Morgan fingerprint density at radius 3 is 2.06 bits per heavy atom. The Kier molecular flexibility index (Phi) is 6.66. The number of imide groups is 1. The van der Waals surface area contributed by atoms with Crippen LogP contribution in [0.15, 0.2) is 66.7 Å². The van der Waals surface area contributed by atoms with Crippen LogP contribution in [0.3, 0.4) is 0 Å². The van der Waals surface area contributed by atoms with Crippen LogP contribution in [0.2, 0.25) is 0 Å². The van der Waals surface area contributed by atoms with Crippen molar-refractivity contribution in [3.63, 3.8) is 0 Å². The van der Waals surface area contributed by atoms with Crippen molar-refractivity contribution >= 4 is 17.7 Å². The summed E-state index contributed by atoms with van der Waals surface area (Å²) in [5, 5.41) is 3.30. The van der Waals surface area contributed by atoms with E-state index in [0.717, 1.165) is 48.4 Å². The molecule has 3 aromatic carbocycles. The molecule has 3 aromatic rings. The highest BCUT2D eigenvalue weighted by Gasteiger charge is 2.33. The van der Waals surface area contributed by atoms with Crippen LogP contribution in [-0.4, -0.2) is 56.2 Å². The third-order valence-corrected chi connectivity index (χ3v) is 7.00. The number of aryl methyl sites for hydroxylation is 2. The number of carbonyl (C=O) groups is 2. The molecule has 0 saturated carbocycles. The van der Waals surface area contributed by atoms with Gasteiger partial charge in [0.1, 0.15) is 6.61 Å². The number of nitrogens with one attached hydrogen (secondary N) is 1. The van der Waals surface area contributed by atoms with E-state index in [-0.39, 0.29) is 25.0 Å². The van der Waals surface area contributed by atoms with Gasteiger partial charge in [-0.1, -0.05) is 66.7 Å². The minimum absolute atomic E-state index is 0.0607. The van der Waals surface area contributed by atoms with Crippen LogP contribution < -0.4 is 10.2 Å². The second-order valence-electron chi connectivity index (χ2n) is 9.30. The molecule has 0 spiro atoms. The van der Waals surface area contributed by atoms with Gasteiger partial charge >= 0.3 is 6.09 Å². The third kappa shape index (κ3) is 4.59. The number of hydrogen-bond acceptors (Lipinski definition) is 5. The molecule has 6 heteroatoms. The topological polar surface area (TPSA) is 61.9 Å². The van der Waals surface area contributed by atoms with Gasteiger partial charge in [0.2, 0.25) is 0 Å². The number of piperazine rings is 1. The minimum atomic E-state index is -0.621. The average Bonchev–Trinajstić information content (AvgIpc) is 3.19. The van der Waals surface area contributed by atoms with Crippen molar-refractivity contribution in [3.05, 3.63) is 89.0 Å². The summed E-state index contributed by atoms with van der Waals surface area (Å²) in [6, 6.07) is 22.3. The summed E-state index contributed by atoms with van der Waals surface area (Å²) in [5.74, 6) is -0.323. The van der Waals surface area contributed by atoms with Gasteiger partial charge in [0.25, 0.3) is 5.91 Å². The lowest BCUT2D eigenvalue weighted by Crippen LogP contribution is -2.50. The van der Waals surface area contributed by atoms with Crippen LogP contribution in [0.1, 0.15) is 28.2 Å². The number of rotatable bonds is 5. The van der Waals surface area contributed by atoms with Gasteiger partial charge in [-0.2, -0.15) is 0 Å². The van der Waals surface area contributed by atoms with E-state index in [1.165, 1.54) is 16.0 Å². The van der Waals surface area contributed by atoms with E-state index in [2.05, 4.69) is 34.5 Å². The fourth-order valence-corrected chi connectivity index (χ4v) is 5.27. The predicted octanol–water partition coefficient (Wildman–Crippen LogP) is 4.49. The first kappa shape index (κ1) is 23.3. The molecule has 0 radical (unpaired) electrons. The Morgan fingerprint density at radius 2 is 1.46 bits per heavy atom. The summed E-state index contributed by atoms with van der Waals surface area (Å²) in [5.41, 5.74) is 6.99. The highest BCUT2D eigenvalue weighted by molar-refractivity contribution is 6.14. The van der Waals surface area contributed by atoms with Gasteiger partial charge in [0, 0.05) is 32.1 Å². The van der Waals surface area contributed by atoms with Gasteiger partial charge in [-0.15, -0.1) is 0 Å². The molecule has 1 aliphatic carbocycles. The van der Waals surface area contributed by atoms with Crippen molar-refractivity contribution in [1.29, 1.82) is 0 Å². The van der Waals surface area contributed by atoms with Crippen LogP contribution >= 0.6 is 0 Å². The number of benzene rings is 3. The molecule has 1 fully saturated rings. The first-order chi connectivity index (χ1) is 17.0. The van der Waals surface area contributed by atoms with E-state index in [0.29, 0.717) is 5.69 Å². The van der Waals surface area contributed by atoms with Gasteiger partial charge in [0.15, 0.2) is 0 Å². The molecule has 0 bridgehead atoms. The molecule has 0 aromatic heterocycles. The third-order valence-electron chi connectivity index (χ3n) is 7.00. The van der Waals surface area contributed by atoms with Crippen molar-refractivity contribution in [2.45, 2.75) is 19.8 Å². The Hall–Kier alpha value is -3.48. The molecule has 5 rings (SSSR count). The summed E-state index contributed by atoms with van der Waals surface area (Å²) >= 11 is 0. The van der Waals surface area contributed by atoms with E-state index in [9.17, 15) is 9.59 Å². The average molecular weight is 470 g/mol. The van der Waals surface area contributed by atoms with Crippen molar-refractivity contribution < 1.29 is 14.3 Å². The lowest BCUT2D eigenvalue weighted by Gasteiger charge is -2.30. The van der Waals surface area contributed by atoms with Crippen molar-refractivity contribution in [2.24, 2.45) is 0 Å². The second kappa shape index (κ2) is 10.0. The second-order valence-corrected chi connectivity index (χ2v) is 9.30. The first-order valence-electron chi connectivity index (χ1n) is 12.2. The van der Waals surface area contributed by atoms with Gasteiger partial charge in [-0.25, -0.2) is 9.69 Å². The van der Waals surface area contributed by atoms with E-state index in [1.807, 2.05) is 56.3 Å². The van der Waals surface area contributed by atoms with E-state index in [4.69, 9.17) is 4.74 Å². The molecule has 6 nitrogen and oxygen atoms in total. The van der Waals surface area contributed by atoms with Crippen LogP contribution in [-0.2, 0) is 9.53 Å². The maximum atomic E-state index is 13.6. The number of nitrogens with zero attached hydrogens (tertiary/aromatic N) is 2. The van der Waals surface area contributed by atoms with Gasteiger partial charge in [-0.3, -0.25) is 9.69 Å². The molecule has 2 aliphatic rings. The molecule has 1 N–H and O–H groups in total. The maximum absolute atomic E-state index is 13.6. The van der Waals surface area contributed by atoms with Crippen LogP contribution in [0, 0.1) is 13.8 Å². The van der Waals surface area contributed by atoms with E-state index in [1.54, 1.807) is 0 Å². The normalized spacial score (nSPS) is 15.4. The number of anilines is 1. The van der Waals surface area contributed by atoms with Crippen molar-refractivity contribution in [3.8, 4) is 11.1 Å². The van der Waals surface area contributed by atoms with Crippen LogP contribution in [0.5, 0.6) is 0 Å². The fourth-order valence-electron chi connectivity index (χ4n) is 5.27. The maximum Gasteiger partial charge on any atom is 0.421 e. The number of para-hydroxylation sites is 1. The zero-order valence-corrected chi connectivity index (χ0v) is 20.3. The molecule has 35 heavy (non-hydrogen) atoms. The van der Waals surface area contributed by atoms with E-state index >= 15 is 0 Å². The molecule has 1 heterocycles. The van der Waals surface area contributed by atoms with Gasteiger partial charge in [0.05, 0.1) is 12.2 Å². The lowest BCUT2D eigenvalue weighted by atomic mass is 9.98. The zero-order valence-electron chi connectivity index (χ0n) is 20.3. The molecule has 180 valence electrons. The SMILES string of the molecule is Cc1cccc(C)c1N(C(=O)CN1CCNCC1)C(=O)OCC1c2ccccc2-c2ccccc21. The minimum Gasteiger partial charge on any atom is -0.448 e. The summed E-state index contributed by atoms with van der Waals surface area (Å²) in [6.07, 6.45) is -0.621. The molecule has 0 atom stereocenters. The molecule has 0 unspecified atom stereocenters. The monoisotopic (exact) mass is 469 g/mol. The van der Waals surface area contributed by atoms with Crippen molar-refractivity contribution in [1.82, 2.24) is 10.2 Å². The number of fused-ring (bicyclic) bond motifs is 3. The quantitative estimate of drug-likeness (QED) is 0.597. The zero-order chi connectivity index (χ0) is 24.4. The Bertz CT molecular complexity index is 1180. The molecular weight excluding hydrogens is 438 g/mol. The van der Waals surface area contributed by atoms with Gasteiger partial charge < -0.3 is 10.1 Å². The van der Waals surface area contributed by atoms with Crippen molar-refractivity contribution in [2.75, 3.05) is 44.2 Å². The van der Waals surface area contributed by atoms with Crippen LogP contribution in [0.4, 0.5) is 10.5 Å². The standard InChI is InChI=1S/C29H31N3O3/c1-20-8-7-9-21(2)28(20)32(27(33)18-31-16-14-30-15-17-31)29(34)35-19-26-24-12-5-3-10-22(24)23-11-4-6-13-25(23)26/h3-13,26,30H,14-19H2,1-2H3. The predicted molar refractivity (Wildman–Crippen MR) is 138 cm³/mol. The molecular formula is C29H31N3O3. The Morgan fingerprint density at radius 1 is 0.886 bits per heavy atom. The molecule has 2 amide bonds.